The first-order valence-electron chi connectivity index (χ1n) is 8.95. The zero-order valence-corrected chi connectivity index (χ0v) is 14.2. The van der Waals surface area contributed by atoms with Crippen LogP contribution in [0, 0.1) is 5.92 Å². The molecule has 4 heterocycles. The van der Waals surface area contributed by atoms with Gasteiger partial charge in [0.15, 0.2) is 0 Å². The van der Waals surface area contributed by atoms with Crippen molar-refractivity contribution in [3.63, 3.8) is 0 Å². The molecule has 8 nitrogen and oxygen atoms in total. The molecule has 2 aliphatic rings. The standard InChI is InChI=1S/C17H23N7O/c25-17(23-8-2-4-15(11-23)24-13-19-12-21-24)14-3-1-7-22(10-14)16-9-18-5-6-20-16/h5-6,9,12-15H,1-4,7-8,10-11H2/t14-,15-/m0/s1. The number of anilines is 1. The van der Waals surface area contributed by atoms with Gasteiger partial charge >= 0.3 is 0 Å². The molecule has 2 aromatic rings. The molecule has 1 amide bonds. The van der Waals surface area contributed by atoms with Gasteiger partial charge in [-0.25, -0.2) is 14.6 Å². The van der Waals surface area contributed by atoms with Crippen molar-refractivity contribution in [2.45, 2.75) is 31.7 Å². The first kappa shape index (κ1) is 16.0. The molecule has 0 radical (unpaired) electrons. The predicted octanol–water partition coefficient (Wildman–Crippen LogP) is 1.15. The van der Waals surface area contributed by atoms with Gasteiger partial charge in [-0.05, 0) is 25.7 Å². The lowest BCUT2D eigenvalue weighted by Gasteiger charge is -2.38. The van der Waals surface area contributed by atoms with E-state index < -0.39 is 0 Å². The molecule has 4 rings (SSSR count). The van der Waals surface area contributed by atoms with Crippen LogP contribution in [-0.2, 0) is 4.79 Å². The van der Waals surface area contributed by atoms with Gasteiger partial charge in [0, 0.05) is 38.6 Å². The number of amides is 1. The zero-order valence-electron chi connectivity index (χ0n) is 14.2. The van der Waals surface area contributed by atoms with E-state index in [2.05, 4.69) is 25.0 Å². The number of piperidine rings is 2. The van der Waals surface area contributed by atoms with Gasteiger partial charge in [0.2, 0.25) is 5.91 Å². The Morgan fingerprint density at radius 1 is 1.08 bits per heavy atom. The Morgan fingerprint density at radius 3 is 2.80 bits per heavy atom. The van der Waals surface area contributed by atoms with E-state index in [0.29, 0.717) is 0 Å². The minimum atomic E-state index is 0.0326. The maximum atomic E-state index is 13.1. The van der Waals surface area contributed by atoms with Crippen LogP contribution in [0.25, 0.3) is 0 Å². The molecule has 0 bridgehead atoms. The molecule has 0 saturated carbocycles. The Morgan fingerprint density at radius 2 is 2.00 bits per heavy atom. The minimum absolute atomic E-state index is 0.0326. The third kappa shape index (κ3) is 3.47. The lowest BCUT2D eigenvalue weighted by atomic mass is 9.95. The van der Waals surface area contributed by atoms with Crippen LogP contribution >= 0.6 is 0 Å². The van der Waals surface area contributed by atoms with Crippen LogP contribution in [0.2, 0.25) is 0 Å². The maximum absolute atomic E-state index is 13.1. The summed E-state index contributed by atoms with van der Waals surface area (Å²) < 4.78 is 1.88. The molecule has 25 heavy (non-hydrogen) atoms. The zero-order chi connectivity index (χ0) is 17.1. The quantitative estimate of drug-likeness (QED) is 0.833. The second-order valence-electron chi connectivity index (χ2n) is 6.80. The van der Waals surface area contributed by atoms with Gasteiger partial charge in [0.05, 0.1) is 18.2 Å². The largest absolute Gasteiger partial charge is 0.355 e. The number of carbonyl (C=O) groups excluding carboxylic acids is 1. The summed E-state index contributed by atoms with van der Waals surface area (Å²) in [6.45, 7) is 3.22. The van der Waals surface area contributed by atoms with Crippen molar-refractivity contribution >= 4 is 11.7 Å². The maximum Gasteiger partial charge on any atom is 0.227 e. The fourth-order valence-corrected chi connectivity index (χ4v) is 3.88. The van der Waals surface area contributed by atoms with E-state index in [-0.39, 0.29) is 17.9 Å². The van der Waals surface area contributed by atoms with Crippen molar-refractivity contribution in [1.29, 1.82) is 0 Å². The van der Waals surface area contributed by atoms with Crippen LogP contribution in [-0.4, -0.2) is 61.7 Å². The van der Waals surface area contributed by atoms with Crippen molar-refractivity contribution in [3.8, 4) is 0 Å². The molecule has 0 unspecified atom stereocenters. The molecule has 2 fully saturated rings. The number of nitrogens with zero attached hydrogens (tertiary/aromatic N) is 7. The molecular weight excluding hydrogens is 318 g/mol. The fourth-order valence-electron chi connectivity index (χ4n) is 3.88. The highest BCUT2D eigenvalue weighted by Crippen LogP contribution is 2.26. The van der Waals surface area contributed by atoms with Crippen LogP contribution in [0.1, 0.15) is 31.7 Å². The van der Waals surface area contributed by atoms with Crippen LogP contribution in [0.5, 0.6) is 0 Å². The number of carbonyl (C=O) groups is 1. The van der Waals surface area contributed by atoms with E-state index in [4.69, 9.17) is 0 Å². The average molecular weight is 341 g/mol. The van der Waals surface area contributed by atoms with Gasteiger partial charge in [-0.1, -0.05) is 0 Å². The van der Waals surface area contributed by atoms with Crippen molar-refractivity contribution in [1.82, 2.24) is 29.6 Å². The van der Waals surface area contributed by atoms with Gasteiger partial charge in [-0.15, -0.1) is 0 Å². The third-order valence-electron chi connectivity index (χ3n) is 5.16. The molecule has 0 spiro atoms. The molecule has 0 aliphatic carbocycles. The lowest BCUT2D eigenvalue weighted by Crippen LogP contribution is -2.48. The molecule has 2 atom stereocenters. The predicted molar refractivity (Wildman–Crippen MR) is 91.8 cm³/mol. The molecule has 0 aromatic carbocycles. The number of likely N-dealkylation sites (tertiary alicyclic amines) is 1. The normalized spacial score (nSPS) is 24.3. The average Bonchev–Trinajstić information content (AvgIpc) is 3.23. The Balaban J connectivity index is 1.41. The summed E-state index contributed by atoms with van der Waals surface area (Å²) in [5.74, 6) is 1.16. The van der Waals surface area contributed by atoms with E-state index >= 15 is 0 Å². The summed E-state index contributed by atoms with van der Waals surface area (Å²) in [5, 5.41) is 4.24. The lowest BCUT2D eigenvalue weighted by molar-refractivity contribution is -0.137. The van der Waals surface area contributed by atoms with Crippen LogP contribution in [0.3, 0.4) is 0 Å². The first-order chi connectivity index (χ1) is 12.3. The van der Waals surface area contributed by atoms with Gasteiger partial charge in [-0.2, -0.15) is 5.10 Å². The van der Waals surface area contributed by atoms with Crippen LogP contribution < -0.4 is 4.90 Å². The molecule has 2 aliphatic heterocycles. The van der Waals surface area contributed by atoms with E-state index in [1.165, 1.54) is 0 Å². The van der Waals surface area contributed by atoms with E-state index in [1.807, 2.05) is 9.58 Å². The highest BCUT2D eigenvalue weighted by molar-refractivity contribution is 5.80. The van der Waals surface area contributed by atoms with Crippen molar-refractivity contribution in [2.75, 3.05) is 31.1 Å². The molecule has 2 aromatic heterocycles. The summed E-state index contributed by atoms with van der Waals surface area (Å²) in [6, 6.07) is 0.236. The molecule has 132 valence electrons. The topological polar surface area (TPSA) is 80.0 Å². The van der Waals surface area contributed by atoms with E-state index in [1.54, 1.807) is 31.2 Å². The van der Waals surface area contributed by atoms with Gasteiger partial charge in [0.25, 0.3) is 0 Å². The molecule has 2 saturated heterocycles. The molecule has 8 heteroatoms. The Kier molecular flexibility index (Phi) is 4.58. The van der Waals surface area contributed by atoms with Gasteiger partial charge < -0.3 is 9.80 Å². The van der Waals surface area contributed by atoms with E-state index in [0.717, 1.165) is 57.7 Å². The Bertz CT molecular complexity index is 690. The number of hydrogen-bond donors (Lipinski definition) is 0. The van der Waals surface area contributed by atoms with Crippen LogP contribution in [0.4, 0.5) is 5.82 Å². The summed E-state index contributed by atoms with van der Waals surface area (Å²) in [5.41, 5.74) is 0. The Hall–Kier alpha value is -2.51. The van der Waals surface area contributed by atoms with E-state index in [9.17, 15) is 4.79 Å². The molecule has 0 N–H and O–H groups in total. The smallest absolute Gasteiger partial charge is 0.227 e. The summed E-state index contributed by atoms with van der Waals surface area (Å²) in [7, 11) is 0. The third-order valence-corrected chi connectivity index (χ3v) is 5.16. The molecular formula is C17H23N7O. The number of rotatable bonds is 3. The van der Waals surface area contributed by atoms with Crippen LogP contribution in [0.15, 0.2) is 31.2 Å². The highest BCUT2D eigenvalue weighted by atomic mass is 16.2. The first-order valence-corrected chi connectivity index (χ1v) is 8.95. The monoisotopic (exact) mass is 341 g/mol. The summed E-state index contributed by atoms with van der Waals surface area (Å²) in [6.07, 6.45) is 12.5. The second-order valence-corrected chi connectivity index (χ2v) is 6.80. The van der Waals surface area contributed by atoms with Gasteiger partial charge in [0.1, 0.15) is 18.5 Å². The number of aromatic nitrogens is 5. The summed E-state index contributed by atoms with van der Waals surface area (Å²) >= 11 is 0. The van der Waals surface area contributed by atoms with Gasteiger partial charge in [-0.3, -0.25) is 9.78 Å². The SMILES string of the molecule is O=C([C@H]1CCCN(c2cnccn2)C1)N1CCC[C@H](n2cncn2)C1. The highest BCUT2D eigenvalue weighted by Gasteiger charge is 2.33. The second kappa shape index (κ2) is 7.16. The van der Waals surface area contributed by atoms with Crippen molar-refractivity contribution in [2.24, 2.45) is 5.92 Å². The number of hydrogen-bond acceptors (Lipinski definition) is 6. The van der Waals surface area contributed by atoms with Crippen molar-refractivity contribution in [3.05, 3.63) is 31.2 Å². The summed E-state index contributed by atoms with van der Waals surface area (Å²) in [4.78, 5) is 29.8. The van der Waals surface area contributed by atoms with Crippen molar-refractivity contribution < 1.29 is 4.79 Å². The Labute approximate surface area is 146 Å². The fraction of sp³-hybridized carbons (Fsp3) is 0.588. The minimum Gasteiger partial charge on any atom is -0.355 e.